The van der Waals surface area contributed by atoms with Gasteiger partial charge in [-0.2, -0.15) is 5.10 Å². The van der Waals surface area contributed by atoms with Gasteiger partial charge in [0.15, 0.2) is 0 Å². The van der Waals surface area contributed by atoms with Gasteiger partial charge < -0.3 is 4.42 Å². The summed E-state index contributed by atoms with van der Waals surface area (Å²) in [5.41, 5.74) is 3.45. The average molecular weight is 231 g/mol. The molecular weight excluding hydrogens is 222 g/mol. The zero-order chi connectivity index (χ0) is 12.1. The molecule has 6 heteroatoms. The van der Waals surface area contributed by atoms with Crippen LogP contribution in [0, 0.1) is 10.1 Å². The Morgan fingerprint density at radius 1 is 1.29 bits per heavy atom. The first kappa shape index (κ1) is 10.9. The van der Waals surface area contributed by atoms with Gasteiger partial charge in [0.1, 0.15) is 5.76 Å². The molecule has 6 nitrogen and oxygen atoms in total. The molecule has 0 fully saturated rings. The second kappa shape index (κ2) is 4.93. The number of nitrogens with one attached hydrogen (secondary N) is 1. The summed E-state index contributed by atoms with van der Waals surface area (Å²) in [6.45, 7) is 0. The highest BCUT2D eigenvalue weighted by Crippen LogP contribution is 2.15. The molecule has 2 rings (SSSR count). The first-order valence-electron chi connectivity index (χ1n) is 4.83. The highest BCUT2D eigenvalue weighted by molar-refractivity contribution is 5.76. The smallest absolute Gasteiger partial charge is 0.269 e. The van der Waals surface area contributed by atoms with E-state index in [9.17, 15) is 10.1 Å². The number of anilines is 1. The van der Waals surface area contributed by atoms with Gasteiger partial charge in [-0.05, 0) is 24.3 Å². The predicted molar refractivity (Wildman–Crippen MR) is 63.0 cm³/mol. The third-order valence-corrected chi connectivity index (χ3v) is 2.01. The molecule has 0 atom stereocenters. The van der Waals surface area contributed by atoms with Crippen molar-refractivity contribution in [1.82, 2.24) is 0 Å². The van der Waals surface area contributed by atoms with Gasteiger partial charge >= 0.3 is 0 Å². The lowest BCUT2D eigenvalue weighted by Crippen LogP contribution is -1.91. The number of rotatable bonds is 4. The van der Waals surface area contributed by atoms with Crippen LogP contribution in [0.4, 0.5) is 11.4 Å². The fraction of sp³-hybridized carbons (Fsp3) is 0. The van der Waals surface area contributed by atoms with Crippen molar-refractivity contribution in [2.45, 2.75) is 0 Å². The van der Waals surface area contributed by atoms with Crippen LogP contribution in [0.1, 0.15) is 5.76 Å². The Morgan fingerprint density at radius 2 is 2.06 bits per heavy atom. The SMILES string of the molecule is O=[N+]([O-])c1ccc(N/N=C/c2ccco2)cc1. The number of hydrogen-bond donors (Lipinski definition) is 1. The van der Waals surface area contributed by atoms with E-state index in [0.717, 1.165) is 0 Å². The van der Waals surface area contributed by atoms with Crippen molar-refractivity contribution in [3.05, 3.63) is 58.5 Å². The number of non-ortho nitro benzene ring substituents is 1. The molecule has 1 heterocycles. The van der Waals surface area contributed by atoms with Crippen molar-refractivity contribution in [3.8, 4) is 0 Å². The highest BCUT2D eigenvalue weighted by Gasteiger charge is 2.02. The van der Waals surface area contributed by atoms with Crippen molar-refractivity contribution in [2.75, 3.05) is 5.43 Å². The number of furan rings is 1. The number of benzene rings is 1. The van der Waals surface area contributed by atoms with Gasteiger partial charge in [0, 0.05) is 12.1 Å². The summed E-state index contributed by atoms with van der Waals surface area (Å²) in [4.78, 5) is 9.98. The molecular formula is C11H9N3O3. The van der Waals surface area contributed by atoms with E-state index in [-0.39, 0.29) is 5.69 Å². The molecule has 0 saturated heterocycles. The second-order valence-electron chi connectivity index (χ2n) is 3.19. The molecule has 0 aliphatic carbocycles. The van der Waals surface area contributed by atoms with Crippen LogP contribution in [-0.2, 0) is 0 Å². The van der Waals surface area contributed by atoms with E-state index in [1.54, 1.807) is 30.5 Å². The van der Waals surface area contributed by atoms with Gasteiger partial charge in [0.2, 0.25) is 0 Å². The molecule has 86 valence electrons. The van der Waals surface area contributed by atoms with Crippen LogP contribution in [0.15, 0.2) is 52.2 Å². The molecule has 2 aromatic rings. The molecule has 0 unspecified atom stereocenters. The number of nitrogens with zero attached hydrogens (tertiary/aromatic N) is 2. The van der Waals surface area contributed by atoms with E-state index in [2.05, 4.69) is 10.5 Å². The molecule has 1 aromatic carbocycles. The third-order valence-electron chi connectivity index (χ3n) is 2.01. The van der Waals surface area contributed by atoms with Crippen molar-refractivity contribution >= 4 is 17.6 Å². The highest BCUT2D eigenvalue weighted by atomic mass is 16.6. The topological polar surface area (TPSA) is 80.7 Å². The standard InChI is InChI=1S/C11H9N3O3/c15-14(16)10-5-3-9(4-6-10)13-12-8-11-2-1-7-17-11/h1-8,13H/b12-8+. The summed E-state index contributed by atoms with van der Waals surface area (Å²) in [6, 6.07) is 9.50. The van der Waals surface area contributed by atoms with Crippen LogP contribution < -0.4 is 5.43 Å². The molecule has 0 saturated carbocycles. The Balaban J connectivity index is 1.97. The van der Waals surface area contributed by atoms with Crippen LogP contribution >= 0.6 is 0 Å². The molecule has 17 heavy (non-hydrogen) atoms. The maximum Gasteiger partial charge on any atom is 0.269 e. The summed E-state index contributed by atoms with van der Waals surface area (Å²) < 4.78 is 5.04. The summed E-state index contributed by atoms with van der Waals surface area (Å²) in [5, 5.41) is 14.3. The number of hydrazone groups is 1. The lowest BCUT2D eigenvalue weighted by molar-refractivity contribution is -0.384. The van der Waals surface area contributed by atoms with Crippen LogP contribution in [0.3, 0.4) is 0 Å². The Hall–Kier alpha value is -2.63. The monoisotopic (exact) mass is 231 g/mol. The summed E-state index contributed by atoms with van der Waals surface area (Å²) in [7, 11) is 0. The zero-order valence-electron chi connectivity index (χ0n) is 8.74. The fourth-order valence-corrected chi connectivity index (χ4v) is 1.19. The van der Waals surface area contributed by atoms with Gasteiger partial charge in [-0.3, -0.25) is 15.5 Å². The van der Waals surface area contributed by atoms with Gasteiger partial charge in [0.25, 0.3) is 5.69 Å². The van der Waals surface area contributed by atoms with Gasteiger partial charge in [0.05, 0.1) is 23.1 Å². The number of nitro benzene ring substituents is 1. The minimum Gasteiger partial charge on any atom is -0.463 e. The predicted octanol–water partition coefficient (Wildman–Crippen LogP) is 2.63. The lowest BCUT2D eigenvalue weighted by atomic mass is 10.3. The quantitative estimate of drug-likeness (QED) is 0.498. The minimum atomic E-state index is -0.449. The van der Waals surface area contributed by atoms with Crippen LogP contribution in [-0.4, -0.2) is 11.1 Å². The molecule has 0 aliphatic rings. The van der Waals surface area contributed by atoms with E-state index in [0.29, 0.717) is 11.4 Å². The van der Waals surface area contributed by atoms with Crippen LogP contribution in [0.5, 0.6) is 0 Å². The van der Waals surface area contributed by atoms with Crippen molar-refractivity contribution in [2.24, 2.45) is 5.10 Å². The first-order valence-corrected chi connectivity index (χ1v) is 4.83. The molecule has 0 radical (unpaired) electrons. The Kier molecular flexibility index (Phi) is 3.15. The maximum absolute atomic E-state index is 10.4. The van der Waals surface area contributed by atoms with Gasteiger partial charge in [-0.1, -0.05) is 0 Å². The van der Waals surface area contributed by atoms with Crippen molar-refractivity contribution in [3.63, 3.8) is 0 Å². The van der Waals surface area contributed by atoms with E-state index in [4.69, 9.17) is 4.42 Å². The second-order valence-corrected chi connectivity index (χ2v) is 3.19. The maximum atomic E-state index is 10.4. The van der Waals surface area contributed by atoms with Gasteiger partial charge in [-0.15, -0.1) is 0 Å². The summed E-state index contributed by atoms with van der Waals surface area (Å²) in [5.74, 6) is 0.624. The van der Waals surface area contributed by atoms with Crippen molar-refractivity contribution in [1.29, 1.82) is 0 Å². The Labute approximate surface area is 96.7 Å². The molecule has 0 bridgehead atoms. The van der Waals surface area contributed by atoms with E-state index < -0.39 is 4.92 Å². The van der Waals surface area contributed by atoms with E-state index >= 15 is 0 Å². The Morgan fingerprint density at radius 3 is 2.65 bits per heavy atom. The normalized spacial score (nSPS) is 10.6. The van der Waals surface area contributed by atoms with Crippen LogP contribution in [0.2, 0.25) is 0 Å². The van der Waals surface area contributed by atoms with Crippen molar-refractivity contribution < 1.29 is 9.34 Å². The molecule has 0 amide bonds. The van der Waals surface area contributed by atoms with E-state index in [1.807, 2.05) is 0 Å². The lowest BCUT2D eigenvalue weighted by Gasteiger charge is -1.98. The van der Waals surface area contributed by atoms with E-state index in [1.165, 1.54) is 18.3 Å². The third kappa shape index (κ3) is 2.91. The summed E-state index contributed by atoms with van der Waals surface area (Å²) in [6.07, 6.45) is 3.06. The summed E-state index contributed by atoms with van der Waals surface area (Å²) >= 11 is 0. The molecule has 0 aliphatic heterocycles. The number of nitro groups is 1. The average Bonchev–Trinajstić information content (AvgIpc) is 2.83. The largest absolute Gasteiger partial charge is 0.463 e. The van der Waals surface area contributed by atoms with Crippen LogP contribution in [0.25, 0.3) is 0 Å². The fourth-order valence-electron chi connectivity index (χ4n) is 1.19. The first-order chi connectivity index (χ1) is 8.25. The number of hydrogen-bond acceptors (Lipinski definition) is 5. The zero-order valence-corrected chi connectivity index (χ0v) is 8.74. The molecule has 1 aromatic heterocycles. The molecule has 0 spiro atoms. The van der Waals surface area contributed by atoms with Gasteiger partial charge in [-0.25, -0.2) is 0 Å². The minimum absolute atomic E-state index is 0.0468. The Bertz CT molecular complexity index is 517. The molecule has 1 N–H and O–H groups in total.